The van der Waals surface area contributed by atoms with E-state index in [9.17, 15) is 15.0 Å². The van der Waals surface area contributed by atoms with Crippen molar-refractivity contribution in [2.24, 2.45) is 0 Å². The lowest BCUT2D eigenvalue weighted by atomic mass is 9.99. The minimum Gasteiger partial charge on any atom is -0.507 e. The van der Waals surface area contributed by atoms with Crippen molar-refractivity contribution in [3.63, 3.8) is 0 Å². The summed E-state index contributed by atoms with van der Waals surface area (Å²) in [6.07, 6.45) is 7.80. The SMILES string of the molecule is C/C1=C\CCOC(=O)c2c(O)cc(O)c(Cl)c2CC(=N)/C=C/CC1. The zero-order valence-corrected chi connectivity index (χ0v) is 14.2. The number of benzene rings is 1. The highest BCUT2D eigenvalue weighted by atomic mass is 35.5. The Morgan fingerprint density at radius 2 is 2.00 bits per heavy atom. The summed E-state index contributed by atoms with van der Waals surface area (Å²) in [5.41, 5.74) is 1.50. The fourth-order valence-electron chi connectivity index (χ4n) is 2.49. The number of halogens is 1. The van der Waals surface area contributed by atoms with Gasteiger partial charge in [0.1, 0.15) is 17.1 Å². The predicted octanol–water partition coefficient (Wildman–Crippen LogP) is 4.16. The number of phenols is 2. The van der Waals surface area contributed by atoms with Gasteiger partial charge in [0.15, 0.2) is 0 Å². The van der Waals surface area contributed by atoms with Crippen LogP contribution in [0.2, 0.25) is 5.02 Å². The van der Waals surface area contributed by atoms with Crippen LogP contribution in [-0.4, -0.2) is 28.5 Å². The molecule has 2 rings (SSSR count). The number of carbonyl (C=O) groups is 1. The fourth-order valence-corrected chi connectivity index (χ4v) is 2.71. The number of carbonyl (C=O) groups excluding carboxylic acids is 1. The second-order valence-corrected chi connectivity index (χ2v) is 6.08. The van der Waals surface area contributed by atoms with E-state index < -0.39 is 11.7 Å². The Labute approximate surface area is 145 Å². The monoisotopic (exact) mass is 349 g/mol. The maximum Gasteiger partial charge on any atom is 0.342 e. The molecule has 24 heavy (non-hydrogen) atoms. The Morgan fingerprint density at radius 1 is 1.25 bits per heavy atom. The van der Waals surface area contributed by atoms with Crippen LogP contribution in [0.3, 0.4) is 0 Å². The van der Waals surface area contributed by atoms with Gasteiger partial charge in [-0.3, -0.25) is 0 Å². The van der Waals surface area contributed by atoms with Crippen LogP contribution in [0.4, 0.5) is 0 Å². The van der Waals surface area contributed by atoms with Crippen LogP contribution in [0.15, 0.2) is 29.9 Å². The highest BCUT2D eigenvalue weighted by Crippen LogP contribution is 2.37. The van der Waals surface area contributed by atoms with Gasteiger partial charge in [0.2, 0.25) is 0 Å². The number of fused-ring (bicyclic) bond motifs is 1. The lowest BCUT2D eigenvalue weighted by Crippen LogP contribution is -2.12. The van der Waals surface area contributed by atoms with Gasteiger partial charge in [-0.25, -0.2) is 4.79 Å². The lowest BCUT2D eigenvalue weighted by molar-refractivity contribution is 0.0507. The van der Waals surface area contributed by atoms with Crippen molar-refractivity contribution < 1.29 is 19.7 Å². The highest BCUT2D eigenvalue weighted by Gasteiger charge is 2.23. The summed E-state index contributed by atoms with van der Waals surface area (Å²) in [5.74, 6) is -1.46. The number of rotatable bonds is 0. The van der Waals surface area contributed by atoms with Crippen LogP contribution >= 0.6 is 11.6 Å². The van der Waals surface area contributed by atoms with Gasteiger partial charge in [0, 0.05) is 18.2 Å². The van der Waals surface area contributed by atoms with Gasteiger partial charge in [-0.2, -0.15) is 0 Å². The highest BCUT2D eigenvalue weighted by molar-refractivity contribution is 6.33. The lowest BCUT2D eigenvalue weighted by Gasteiger charge is -2.14. The third kappa shape index (κ3) is 4.38. The zero-order chi connectivity index (χ0) is 17.7. The molecule has 0 aromatic heterocycles. The second kappa shape index (κ2) is 8.02. The molecule has 0 spiro atoms. The average molecular weight is 350 g/mol. The zero-order valence-electron chi connectivity index (χ0n) is 13.4. The van der Waals surface area contributed by atoms with E-state index in [0.717, 1.165) is 18.9 Å². The normalized spacial score (nSPS) is 20.3. The molecule has 0 amide bonds. The molecule has 1 aromatic carbocycles. The maximum absolute atomic E-state index is 12.3. The van der Waals surface area contributed by atoms with Crippen LogP contribution in [0, 0.1) is 5.41 Å². The molecular weight excluding hydrogens is 330 g/mol. The van der Waals surface area contributed by atoms with Gasteiger partial charge < -0.3 is 20.4 Å². The van der Waals surface area contributed by atoms with Crippen LogP contribution in [0.5, 0.6) is 11.5 Å². The topological polar surface area (TPSA) is 90.6 Å². The number of aromatic hydroxyl groups is 2. The van der Waals surface area contributed by atoms with Crippen LogP contribution in [0.25, 0.3) is 0 Å². The molecule has 0 atom stereocenters. The smallest absolute Gasteiger partial charge is 0.342 e. The quantitative estimate of drug-likeness (QED) is 0.484. The Bertz CT molecular complexity index is 722. The van der Waals surface area contributed by atoms with E-state index >= 15 is 0 Å². The first-order chi connectivity index (χ1) is 11.4. The number of allylic oxidation sites excluding steroid dienone is 3. The van der Waals surface area contributed by atoms with Crippen molar-refractivity contribution in [3.05, 3.63) is 46.0 Å². The summed E-state index contributed by atoms with van der Waals surface area (Å²) in [5, 5.41) is 27.8. The van der Waals surface area contributed by atoms with E-state index in [-0.39, 0.29) is 40.6 Å². The molecule has 6 heteroatoms. The fraction of sp³-hybridized carbons (Fsp3) is 0.333. The van der Waals surface area contributed by atoms with Gasteiger partial charge in [-0.15, -0.1) is 0 Å². The van der Waals surface area contributed by atoms with E-state index in [2.05, 4.69) is 0 Å². The number of hydrogen-bond donors (Lipinski definition) is 3. The number of esters is 1. The first-order valence-corrected chi connectivity index (χ1v) is 8.08. The summed E-state index contributed by atoms with van der Waals surface area (Å²) in [6, 6.07) is 1.01. The van der Waals surface area contributed by atoms with Crippen molar-refractivity contribution >= 4 is 23.3 Å². The first kappa shape index (κ1) is 18.1. The number of phenolic OH excluding ortho intramolecular Hbond substituents is 2. The molecule has 0 fully saturated rings. The Morgan fingerprint density at radius 3 is 2.75 bits per heavy atom. The Balaban J connectivity index is 2.44. The molecule has 0 radical (unpaired) electrons. The predicted molar refractivity (Wildman–Crippen MR) is 93.2 cm³/mol. The number of cyclic esters (lactones) is 1. The molecular formula is C18H20ClNO4. The van der Waals surface area contributed by atoms with Crippen molar-refractivity contribution in [1.82, 2.24) is 0 Å². The van der Waals surface area contributed by atoms with E-state index in [1.54, 1.807) is 6.08 Å². The minimum atomic E-state index is -0.718. The minimum absolute atomic E-state index is 0.0105. The van der Waals surface area contributed by atoms with Gasteiger partial charge in [-0.05, 0) is 37.8 Å². The van der Waals surface area contributed by atoms with E-state index in [4.69, 9.17) is 21.7 Å². The summed E-state index contributed by atoms with van der Waals surface area (Å²) >= 11 is 6.08. The van der Waals surface area contributed by atoms with Crippen molar-refractivity contribution in [2.75, 3.05) is 6.61 Å². The van der Waals surface area contributed by atoms with Gasteiger partial charge in [-0.1, -0.05) is 29.3 Å². The number of nitrogens with one attached hydrogen (secondary N) is 1. The van der Waals surface area contributed by atoms with Crippen molar-refractivity contribution in [3.8, 4) is 11.5 Å². The molecule has 5 nitrogen and oxygen atoms in total. The molecule has 1 heterocycles. The van der Waals surface area contributed by atoms with Crippen molar-refractivity contribution in [1.29, 1.82) is 5.41 Å². The summed E-state index contributed by atoms with van der Waals surface area (Å²) in [6.45, 7) is 2.19. The van der Waals surface area contributed by atoms with Crippen LogP contribution in [0.1, 0.15) is 42.1 Å². The molecule has 3 N–H and O–H groups in total. The second-order valence-electron chi connectivity index (χ2n) is 5.70. The standard InChI is InChI=1S/C18H20ClNO4/c1-11-5-2-3-7-12(20)9-13-16(18(23)24-8-4-6-11)14(21)10-15(22)17(13)19/h3,6-7,10,20-22H,2,4-5,8-9H2,1H3/b7-3+,11-6+,20-12?. The number of ether oxygens (including phenoxy) is 1. The first-order valence-electron chi connectivity index (χ1n) is 7.70. The van der Waals surface area contributed by atoms with Crippen LogP contribution < -0.4 is 0 Å². The molecule has 0 saturated heterocycles. The summed E-state index contributed by atoms with van der Waals surface area (Å²) in [7, 11) is 0. The van der Waals surface area contributed by atoms with Gasteiger partial charge in [0.05, 0.1) is 11.6 Å². The maximum atomic E-state index is 12.3. The Hall–Kier alpha value is -2.27. The summed E-state index contributed by atoms with van der Waals surface area (Å²) < 4.78 is 5.20. The molecule has 0 unspecified atom stereocenters. The molecule has 1 aromatic rings. The van der Waals surface area contributed by atoms with E-state index in [1.807, 2.05) is 19.1 Å². The third-order valence-corrected chi connectivity index (χ3v) is 4.18. The van der Waals surface area contributed by atoms with E-state index in [0.29, 0.717) is 6.42 Å². The van der Waals surface area contributed by atoms with Crippen molar-refractivity contribution in [2.45, 2.75) is 32.6 Å². The van der Waals surface area contributed by atoms with Crippen LogP contribution in [-0.2, 0) is 11.2 Å². The number of hydrogen-bond acceptors (Lipinski definition) is 5. The molecule has 128 valence electrons. The third-order valence-electron chi connectivity index (χ3n) is 3.76. The average Bonchev–Trinajstić information content (AvgIpc) is 2.52. The van der Waals surface area contributed by atoms with Gasteiger partial charge >= 0.3 is 5.97 Å². The molecule has 0 saturated carbocycles. The van der Waals surface area contributed by atoms with Gasteiger partial charge in [0.25, 0.3) is 0 Å². The molecule has 0 bridgehead atoms. The molecule has 1 aliphatic heterocycles. The molecule has 0 aliphatic carbocycles. The molecule has 1 aliphatic rings. The van der Waals surface area contributed by atoms with E-state index in [1.165, 1.54) is 5.57 Å². The Kier molecular flexibility index (Phi) is 6.04. The summed E-state index contributed by atoms with van der Waals surface area (Å²) in [4.78, 5) is 12.3. The largest absolute Gasteiger partial charge is 0.507 e.